The Hall–Kier alpha value is -2.62. The van der Waals surface area contributed by atoms with E-state index in [0.717, 1.165) is 39.1 Å². The maximum atomic E-state index is 13.4. The summed E-state index contributed by atoms with van der Waals surface area (Å²) in [6.45, 7) is 7.00. The molecule has 1 aliphatic heterocycles. The van der Waals surface area contributed by atoms with E-state index in [2.05, 4.69) is 26.8 Å². The van der Waals surface area contributed by atoms with Crippen LogP contribution in [0.15, 0.2) is 29.8 Å². The molecule has 0 spiro atoms. The van der Waals surface area contributed by atoms with Crippen molar-refractivity contribution in [2.24, 2.45) is 0 Å². The van der Waals surface area contributed by atoms with Gasteiger partial charge in [0, 0.05) is 55.1 Å². The van der Waals surface area contributed by atoms with E-state index in [1.54, 1.807) is 17.6 Å². The molecule has 3 heterocycles. The van der Waals surface area contributed by atoms with Crippen molar-refractivity contribution in [1.29, 1.82) is 0 Å². The number of aromatic nitrogens is 2. The second-order valence-corrected chi connectivity index (χ2v) is 9.29. The number of ether oxygens (including phenoxy) is 1. The first-order valence-corrected chi connectivity index (χ1v) is 12.2. The number of benzene rings is 1. The second-order valence-electron chi connectivity index (χ2n) is 8.43. The zero-order chi connectivity index (χ0) is 23.4. The van der Waals surface area contributed by atoms with Gasteiger partial charge in [0.2, 0.25) is 5.78 Å². The molecule has 3 aromatic rings. The maximum Gasteiger partial charge on any atom is 0.306 e. The summed E-state index contributed by atoms with van der Waals surface area (Å²) < 4.78 is 19.1. The fourth-order valence-corrected chi connectivity index (χ4v) is 4.84. The highest BCUT2D eigenvalue weighted by atomic mass is 32.1. The standard InChI is InChI=1S/C24H29FN4O3S/c1-3-21(32-22(30)5-4-8-29-11-9-28(2)10-12-29)20-15-33-24(27-20)23(31)18-14-26-19-13-16(25)6-7-17(18)19/h6-7,13-15,21,26H,3-5,8-12H2,1-2H3. The lowest BCUT2D eigenvalue weighted by Crippen LogP contribution is -2.44. The zero-order valence-electron chi connectivity index (χ0n) is 19.0. The van der Waals surface area contributed by atoms with Crippen molar-refractivity contribution >= 4 is 34.0 Å². The molecule has 1 unspecified atom stereocenters. The van der Waals surface area contributed by atoms with E-state index in [4.69, 9.17) is 4.74 Å². The Labute approximate surface area is 196 Å². The average molecular weight is 473 g/mol. The second kappa shape index (κ2) is 10.5. The molecule has 1 N–H and O–H groups in total. The van der Waals surface area contributed by atoms with Gasteiger partial charge in [0.1, 0.15) is 11.9 Å². The minimum Gasteiger partial charge on any atom is -0.456 e. The molecule has 1 saturated heterocycles. The van der Waals surface area contributed by atoms with E-state index in [-0.39, 0.29) is 17.6 Å². The highest BCUT2D eigenvalue weighted by molar-refractivity contribution is 7.12. The van der Waals surface area contributed by atoms with Crippen LogP contribution in [0.2, 0.25) is 0 Å². The van der Waals surface area contributed by atoms with Crippen molar-refractivity contribution in [1.82, 2.24) is 19.8 Å². The maximum absolute atomic E-state index is 13.4. The number of nitrogens with one attached hydrogen (secondary N) is 1. The normalized spacial score (nSPS) is 16.2. The lowest BCUT2D eigenvalue weighted by Gasteiger charge is -2.32. The number of hydrogen-bond acceptors (Lipinski definition) is 7. The number of carbonyl (C=O) groups excluding carboxylic acids is 2. The first kappa shape index (κ1) is 23.5. The van der Waals surface area contributed by atoms with Crippen LogP contribution in [-0.4, -0.2) is 71.3 Å². The highest BCUT2D eigenvalue weighted by Gasteiger charge is 2.23. The van der Waals surface area contributed by atoms with Crippen LogP contribution in [0.1, 0.15) is 53.3 Å². The predicted molar refractivity (Wildman–Crippen MR) is 126 cm³/mol. The van der Waals surface area contributed by atoms with Crippen LogP contribution < -0.4 is 0 Å². The minimum atomic E-state index is -0.476. The van der Waals surface area contributed by atoms with Gasteiger partial charge in [0.15, 0.2) is 5.01 Å². The third-order valence-corrected chi connectivity index (χ3v) is 6.89. The van der Waals surface area contributed by atoms with Crippen LogP contribution in [0.5, 0.6) is 0 Å². The van der Waals surface area contributed by atoms with Gasteiger partial charge in [-0.2, -0.15) is 0 Å². The van der Waals surface area contributed by atoms with Gasteiger partial charge in [-0.3, -0.25) is 9.59 Å². The average Bonchev–Trinajstić information content (AvgIpc) is 3.45. The number of hydrogen-bond donors (Lipinski definition) is 1. The van der Waals surface area contributed by atoms with E-state index in [0.29, 0.717) is 40.0 Å². The number of halogens is 1. The number of carbonyl (C=O) groups is 2. The van der Waals surface area contributed by atoms with Crippen molar-refractivity contribution < 1.29 is 18.7 Å². The Morgan fingerprint density at radius 2 is 2.06 bits per heavy atom. The number of piperazine rings is 1. The van der Waals surface area contributed by atoms with Crippen LogP contribution in [0.3, 0.4) is 0 Å². The molecule has 0 aliphatic carbocycles. The van der Waals surface area contributed by atoms with Crippen LogP contribution >= 0.6 is 11.3 Å². The molecular formula is C24H29FN4O3S. The van der Waals surface area contributed by atoms with Crippen molar-refractivity contribution in [3.63, 3.8) is 0 Å². The summed E-state index contributed by atoms with van der Waals surface area (Å²) in [7, 11) is 2.12. The van der Waals surface area contributed by atoms with Gasteiger partial charge < -0.3 is 19.5 Å². The smallest absolute Gasteiger partial charge is 0.306 e. The SMILES string of the molecule is CCC(OC(=O)CCCN1CCN(C)CC1)c1csc(C(=O)c2c[nH]c3cc(F)ccc23)n1. The predicted octanol–water partition coefficient (Wildman–Crippen LogP) is 4.02. The Balaban J connectivity index is 1.34. The summed E-state index contributed by atoms with van der Waals surface area (Å²) in [4.78, 5) is 37.5. The Morgan fingerprint density at radius 1 is 1.27 bits per heavy atom. The molecule has 0 saturated carbocycles. The first-order chi connectivity index (χ1) is 15.9. The molecule has 1 atom stereocenters. The van der Waals surface area contributed by atoms with Gasteiger partial charge in [-0.25, -0.2) is 9.37 Å². The quantitative estimate of drug-likeness (QED) is 0.374. The van der Waals surface area contributed by atoms with Gasteiger partial charge in [-0.15, -0.1) is 11.3 Å². The van der Waals surface area contributed by atoms with Gasteiger partial charge >= 0.3 is 5.97 Å². The van der Waals surface area contributed by atoms with Crippen molar-refractivity contribution in [2.45, 2.75) is 32.3 Å². The third-order valence-electron chi connectivity index (χ3n) is 6.03. The number of likely N-dealkylation sites (N-methyl/N-ethyl adjacent to an activating group) is 1. The largest absolute Gasteiger partial charge is 0.456 e. The van der Waals surface area contributed by atoms with Crippen LogP contribution in [0, 0.1) is 5.82 Å². The van der Waals surface area contributed by atoms with E-state index in [1.807, 2.05) is 6.92 Å². The fraction of sp³-hybridized carbons (Fsp3) is 0.458. The fourth-order valence-electron chi connectivity index (χ4n) is 4.03. The van der Waals surface area contributed by atoms with Gasteiger partial charge in [0.05, 0.1) is 11.3 Å². The Bertz CT molecular complexity index is 1120. The number of rotatable bonds is 9. The van der Waals surface area contributed by atoms with Gasteiger partial charge in [-0.1, -0.05) is 6.92 Å². The summed E-state index contributed by atoms with van der Waals surface area (Å²) in [6.07, 6.45) is 2.81. The molecule has 9 heteroatoms. The van der Waals surface area contributed by atoms with Crippen LogP contribution in [-0.2, 0) is 9.53 Å². The Morgan fingerprint density at radius 3 is 2.82 bits per heavy atom. The summed E-state index contributed by atoms with van der Waals surface area (Å²) >= 11 is 1.22. The van der Waals surface area contributed by atoms with E-state index in [1.165, 1.54) is 23.5 Å². The number of fused-ring (bicyclic) bond motifs is 1. The van der Waals surface area contributed by atoms with E-state index < -0.39 is 6.10 Å². The number of aromatic amines is 1. The number of thiazole rings is 1. The minimum absolute atomic E-state index is 0.238. The molecule has 1 aromatic carbocycles. The lowest BCUT2D eigenvalue weighted by molar-refractivity contribution is -0.150. The van der Waals surface area contributed by atoms with E-state index in [9.17, 15) is 14.0 Å². The van der Waals surface area contributed by atoms with Gasteiger partial charge in [0.25, 0.3) is 0 Å². The molecule has 0 amide bonds. The number of ketones is 1. The molecule has 0 bridgehead atoms. The molecule has 4 rings (SSSR count). The van der Waals surface area contributed by atoms with Crippen molar-refractivity contribution in [2.75, 3.05) is 39.8 Å². The molecule has 1 fully saturated rings. The molecule has 0 radical (unpaired) electrons. The van der Waals surface area contributed by atoms with E-state index >= 15 is 0 Å². The molecular weight excluding hydrogens is 443 g/mol. The molecule has 1 aliphatic rings. The number of H-pyrrole nitrogens is 1. The van der Waals surface area contributed by atoms with Crippen molar-refractivity contribution in [3.8, 4) is 0 Å². The van der Waals surface area contributed by atoms with Gasteiger partial charge in [-0.05, 0) is 44.6 Å². The summed E-state index contributed by atoms with van der Waals surface area (Å²) in [5.41, 5.74) is 1.59. The Kier molecular flexibility index (Phi) is 7.52. The zero-order valence-corrected chi connectivity index (χ0v) is 19.8. The summed E-state index contributed by atoms with van der Waals surface area (Å²) in [5.74, 6) is -0.844. The third kappa shape index (κ3) is 5.66. The molecule has 2 aromatic heterocycles. The number of nitrogens with zero attached hydrogens (tertiary/aromatic N) is 3. The molecule has 7 nitrogen and oxygen atoms in total. The highest BCUT2D eigenvalue weighted by Crippen LogP contribution is 2.27. The van der Waals surface area contributed by atoms with Crippen molar-refractivity contribution in [3.05, 3.63) is 51.9 Å². The summed E-state index contributed by atoms with van der Waals surface area (Å²) in [6, 6.07) is 4.27. The lowest BCUT2D eigenvalue weighted by atomic mass is 10.1. The molecule has 33 heavy (non-hydrogen) atoms. The summed E-state index contributed by atoms with van der Waals surface area (Å²) in [5, 5.41) is 2.74. The monoisotopic (exact) mass is 472 g/mol. The van der Waals surface area contributed by atoms with Crippen LogP contribution in [0.25, 0.3) is 10.9 Å². The first-order valence-electron chi connectivity index (χ1n) is 11.3. The molecule has 176 valence electrons. The number of esters is 1. The van der Waals surface area contributed by atoms with Crippen LogP contribution in [0.4, 0.5) is 4.39 Å². The topological polar surface area (TPSA) is 78.5 Å².